The maximum Gasteiger partial charge on any atom is 0.271 e. The Morgan fingerprint density at radius 1 is 1.29 bits per heavy atom. The Hall–Kier alpha value is -2.18. The molecule has 21 heavy (non-hydrogen) atoms. The van der Waals surface area contributed by atoms with Gasteiger partial charge in [-0.2, -0.15) is 0 Å². The van der Waals surface area contributed by atoms with Gasteiger partial charge in [-0.15, -0.1) is 0 Å². The molecule has 2 aromatic carbocycles. The molecular formula is C14H12ClFN2O3. The van der Waals surface area contributed by atoms with Crippen LogP contribution < -0.4 is 10.5 Å². The van der Waals surface area contributed by atoms with Gasteiger partial charge in [0.05, 0.1) is 9.95 Å². The van der Waals surface area contributed by atoms with Crippen molar-refractivity contribution in [2.24, 2.45) is 5.73 Å². The second-order valence-corrected chi connectivity index (χ2v) is 4.86. The monoisotopic (exact) mass is 310 g/mol. The third kappa shape index (κ3) is 3.48. The first-order chi connectivity index (χ1) is 9.88. The Labute approximate surface area is 125 Å². The van der Waals surface area contributed by atoms with E-state index in [4.69, 9.17) is 22.1 Å². The van der Waals surface area contributed by atoms with Gasteiger partial charge in [-0.1, -0.05) is 17.7 Å². The van der Waals surface area contributed by atoms with E-state index in [-0.39, 0.29) is 28.3 Å². The summed E-state index contributed by atoms with van der Waals surface area (Å²) < 4.78 is 19.2. The van der Waals surface area contributed by atoms with Crippen molar-refractivity contribution in [3.8, 4) is 11.5 Å². The normalized spacial score (nSPS) is 12.0. The Bertz CT molecular complexity index is 692. The number of hydrogen-bond acceptors (Lipinski definition) is 4. The van der Waals surface area contributed by atoms with Crippen molar-refractivity contribution in [1.82, 2.24) is 0 Å². The zero-order valence-electron chi connectivity index (χ0n) is 11.0. The van der Waals surface area contributed by atoms with E-state index in [0.29, 0.717) is 5.56 Å². The molecule has 0 saturated carbocycles. The van der Waals surface area contributed by atoms with E-state index in [1.165, 1.54) is 24.3 Å². The van der Waals surface area contributed by atoms with Gasteiger partial charge in [0.25, 0.3) is 5.69 Å². The molecule has 2 rings (SSSR count). The van der Waals surface area contributed by atoms with Crippen molar-refractivity contribution in [1.29, 1.82) is 0 Å². The largest absolute Gasteiger partial charge is 0.453 e. The summed E-state index contributed by atoms with van der Waals surface area (Å²) in [5.74, 6) is -0.482. The smallest absolute Gasteiger partial charge is 0.271 e. The molecule has 0 saturated heterocycles. The lowest BCUT2D eigenvalue weighted by molar-refractivity contribution is -0.384. The van der Waals surface area contributed by atoms with Crippen LogP contribution in [0.5, 0.6) is 11.5 Å². The molecule has 2 aromatic rings. The zero-order chi connectivity index (χ0) is 15.6. The maximum atomic E-state index is 13.9. The van der Waals surface area contributed by atoms with Crippen LogP contribution in [0.4, 0.5) is 10.1 Å². The zero-order valence-corrected chi connectivity index (χ0v) is 11.8. The fourth-order valence-corrected chi connectivity index (χ4v) is 1.90. The number of nitrogens with zero attached hydrogens (tertiary/aromatic N) is 1. The molecule has 5 nitrogen and oxygen atoms in total. The van der Waals surface area contributed by atoms with E-state index >= 15 is 0 Å². The minimum atomic E-state index is -0.584. The molecule has 0 amide bonds. The fraction of sp³-hybridized carbons (Fsp3) is 0.143. The summed E-state index contributed by atoms with van der Waals surface area (Å²) in [7, 11) is 0. The van der Waals surface area contributed by atoms with Gasteiger partial charge >= 0.3 is 0 Å². The number of non-ortho nitro benzene ring substituents is 1. The second kappa shape index (κ2) is 6.07. The lowest BCUT2D eigenvalue weighted by Gasteiger charge is -2.11. The molecule has 0 aliphatic carbocycles. The van der Waals surface area contributed by atoms with Crippen LogP contribution in [0.15, 0.2) is 36.4 Å². The molecule has 1 atom stereocenters. The average Bonchev–Trinajstić information content (AvgIpc) is 2.42. The Morgan fingerprint density at radius 2 is 1.95 bits per heavy atom. The van der Waals surface area contributed by atoms with Gasteiger partial charge in [-0.05, 0) is 30.7 Å². The second-order valence-electron chi connectivity index (χ2n) is 4.45. The quantitative estimate of drug-likeness (QED) is 0.678. The number of hydrogen-bond donors (Lipinski definition) is 1. The topological polar surface area (TPSA) is 78.4 Å². The molecule has 7 heteroatoms. The third-order valence-corrected chi connectivity index (χ3v) is 3.12. The molecule has 0 spiro atoms. The molecule has 2 N–H and O–H groups in total. The highest BCUT2D eigenvalue weighted by molar-refractivity contribution is 6.32. The maximum absolute atomic E-state index is 13.9. The van der Waals surface area contributed by atoms with Gasteiger partial charge in [0.1, 0.15) is 5.75 Å². The van der Waals surface area contributed by atoms with Gasteiger partial charge in [0.2, 0.25) is 0 Å². The number of benzene rings is 2. The fourth-order valence-electron chi connectivity index (χ4n) is 1.69. The molecule has 0 aliphatic rings. The summed E-state index contributed by atoms with van der Waals surface area (Å²) in [5.41, 5.74) is 6.13. The van der Waals surface area contributed by atoms with Gasteiger partial charge in [-0.3, -0.25) is 10.1 Å². The van der Waals surface area contributed by atoms with Crippen molar-refractivity contribution in [2.75, 3.05) is 0 Å². The van der Waals surface area contributed by atoms with Crippen LogP contribution >= 0.6 is 11.6 Å². The van der Waals surface area contributed by atoms with Crippen LogP contribution in [0.1, 0.15) is 18.5 Å². The summed E-state index contributed by atoms with van der Waals surface area (Å²) in [6, 6.07) is 7.75. The molecule has 0 aliphatic heterocycles. The van der Waals surface area contributed by atoms with Crippen LogP contribution in [0.2, 0.25) is 5.02 Å². The molecule has 110 valence electrons. The highest BCUT2D eigenvalue weighted by Gasteiger charge is 2.13. The highest BCUT2D eigenvalue weighted by Crippen LogP contribution is 2.33. The van der Waals surface area contributed by atoms with Crippen molar-refractivity contribution in [3.63, 3.8) is 0 Å². The van der Waals surface area contributed by atoms with E-state index in [9.17, 15) is 14.5 Å². The predicted molar refractivity (Wildman–Crippen MR) is 77.2 cm³/mol. The molecule has 0 unspecified atom stereocenters. The van der Waals surface area contributed by atoms with E-state index in [1.54, 1.807) is 13.0 Å². The number of nitro groups is 1. The first kappa shape index (κ1) is 15.2. The molecular weight excluding hydrogens is 299 g/mol. The first-order valence-corrected chi connectivity index (χ1v) is 6.43. The lowest BCUT2D eigenvalue weighted by Crippen LogP contribution is -2.05. The lowest BCUT2D eigenvalue weighted by atomic mass is 10.1. The average molecular weight is 311 g/mol. The first-order valence-electron chi connectivity index (χ1n) is 6.05. The van der Waals surface area contributed by atoms with E-state index < -0.39 is 10.7 Å². The molecule has 0 bridgehead atoms. The summed E-state index contributed by atoms with van der Waals surface area (Å²) in [5, 5.41) is 10.6. The summed E-state index contributed by atoms with van der Waals surface area (Å²) in [6.45, 7) is 1.74. The standard InChI is InChI=1S/C14H12ClFN2O3/c1-8(17)9-2-4-14(12(16)6-9)21-13-5-3-10(18(19)20)7-11(13)15/h2-8H,17H2,1H3/t8-/m0/s1. The molecule has 0 fully saturated rings. The Balaban J connectivity index is 2.28. The van der Waals surface area contributed by atoms with Crippen LogP contribution in [0, 0.1) is 15.9 Å². The van der Waals surface area contributed by atoms with E-state index in [2.05, 4.69) is 0 Å². The van der Waals surface area contributed by atoms with E-state index in [1.807, 2.05) is 0 Å². The van der Waals surface area contributed by atoms with Crippen LogP contribution in [0.3, 0.4) is 0 Å². The van der Waals surface area contributed by atoms with Gasteiger partial charge in [-0.25, -0.2) is 4.39 Å². The Morgan fingerprint density at radius 3 is 2.48 bits per heavy atom. The number of ether oxygens (including phenoxy) is 1. The van der Waals surface area contributed by atoms with Gasteiger partial charge < -0.3 is 10.5 Å². The van der Waals surface area contributed by atoms with Gasteiger partial charge in [0.15, 0.2) is 11.6 Å². The van der Waals surface area contributed by atoms with Crippen molar-refractivity contribution >= 4 is 17.3 Å². The molecule has 0 heterocycles. The molecule has 0 aromatic heterocycles. The summed E-state index contributed by atoms with van der Waals surface area (Å²) >= 11 is 5.89. The van der Waals surface area contributed by atoms with Crippen LogP contribution in [-0.4, -0.2) is 4.92 Å². The molecule has 0 radical (unpaired) electrons. The third-order valence-electron chi connectivity index (χ3n) is 2.83. The van der Waals surface area contributed by atoms with Crippen molar-refractivity contribution < 1.29 is 14.1 Å². The summed E-state index contributed by atoms with van der Waals surface area (Å²) in [4.78, 5) is 10.0. The highest BCUT2D eigenvalue weighted by atomic mass is 35.5. The Kier molecular flexibility index (Phi) is 4.40. The number of rotatable bonds is 4. The minimum absolute atomic E-state index is 0.0277. The number of nitrogens with two attached hydrogens (primary N) is 1. The predicted octanol–water partition coefficient (Wildman–Crippen LogP) is 4.20. The van der Waals surface area contributed by atoms with Crippen molar-refractivity contribution in [3.05, 3.63) is 62.9 Å². The van der Waals surface area contributed by atoms with E-state index in [0.717, 1.165) is 6.07 Å². The van der Waals surface area contributed by atoms with Gasteiger partial charge in [0, 0.05) is 18.2 Å². The van der Waals surface area contributed by atoms with Crippen molar-refractivity contribution in [2.45, 2.75) is 13.0 Å². The van der Waals surface area contributed by atoms with Crippen LogP contribution in [0.25, 0.3) is 0 Å². The minimum Gasteiger partial charge on any atom is -0.453 e. The SMILES string of the molecule is C[C@H](N)c1ccc(Oc2ccc([N+](=O)[O-])cc2Cl)c(F)c1. The summed E-state index contributed by atoms with van der Waals surface area (Å²) in [6.07, 6.45) is 0. The number of nitro benzene ring substituents is 1. The number of halogens is 2. The van der Waals surface area contributed by atoms with Crippen LogP contribution in [-0.2, 0) is 0 Å².